The Kier molecular flexibility index (Phi) is 6.01. The summed E-state index contributed by atoms with van der Waals surface area (Å²) in [6.45, 7) is 1.06. The summed E-state index contributed by atoms with van der Waals surface area (Å²) in [7, 11) is -4.43. The van der Waals surface area contributed by atoms with Gasteiger partial charge in [-0.15, -0.1) is 0 Å². The number of hydrogen-bond acceptors (Lipinski definition) is 5. The number of alkyl halides is 3. The van der Waals surface area contributed by atoms with Crippen molar-refractivity contribution < 1.29 is 30.8 Å². The topological polar surface area (TPSA) is 99.5 Å². The van der Waals surface area contributed by atoms with Crippen LogP contribution in [-0.2, 0) is 16.2 Å². The van der Waals surface area contributed by atoms with Gasteiger partial charge in [0, 0.05) is 38.6 Å². The van der Waals surface area contributed by atoms with Gasteiger partial charge in [-0.3, -0.25) is 9.36 Å². The van der Waals surface area contributed by atoms with Crippen LogP contribution in [0.3, 0.4) is 0 Å². The lowest BCUT2D eigenvalue weighted by Gasteiger charge is -2.34. The highest BCUT2D eigenvalue weighted by Gasteiger charge is 2.40. The van der Waals surface area contributed by atoms with Crippen LogP contribution in [0.4, 0.5) is 13.2 Å². The van der Waals surface area contributed by atoms with Crippen LogP contribution < -0.4 is 0 Å². The molecule has 0 bridgehead atoms. The summed E-state index contributed by atoms with van der Waals surface area (Å²) in [5, 5.41) is 9.65. The summed E-state index contributed by atoms with van der Waals surface area (Å²) >= 11 is 0. The van der Waals surface area contributed by atoms with Crippen LogP contribution in [0, 0.1) is 18.3 Å². The Morgan fingerprint density at radius 3 is 2.26 bits per heavy atom. The number of furan rings is 1. The van der Waals surface area contributed by atoms with Crippen molar-refractivity contribution in [3.05, 3.63) is 71.2 Å². The Morgan fingerprint density at radius 2 is 1.68 bits per heavy atom. The van der Waals surface area contributed by atoms with E-state index in [-0.39, 0.29) is 49.0 Å². The first-order valence-corrected chi connectivity index (χ1v) is 11.6. The van der Waals surface area contributed by atoms with Gasteiger partial charge in [0.1, 0.15) is 23.0 Å². The van der Waals surface area contributed by atoms with E-state index >= 15 is 0 Å². The average Bonchev–Trinajstić information content (AvgIpc) is 3.45. The van der Waals surface area contributed by atoms with Gasteiger partial charge in [-0.2, -0.15) is 22.7 Å². The predicted octanol–water partition coefficient (Wildman–Crippen LogP) is 3.42. The summed E-state index contributed by atoms with van der Waals surface area (Å²) < 4.78 is 74.1. The molecule has 0 atom stereocenters. The Bertz CT molecular complexity index is 1360. The number of piperazine rings is 1. The van der Waals surface area contributed by atoms with Gasteiger partial charge in [0.25, 0.3) is 5.91 Å². The molecule has 0 unspecified atom stereocenters. The summed E-state index contributed by atoms with van der Waals surface area (Å²) in [4.78, 5) is 13.7. The molecule has 0 N–H and O–H groups in total. The summed E-state index contributed by atoms with van der Waals surface area (Å²) in [6.07, 6.45) is -1.50. The molecule has 3 heterocycles. The molecule has 3 aromatic rings. The SMILES string of the molecule is Cc1oc(-n2cccc2)c(C#N)c1C(=O)N1CCN(S(=O)(=O)c2ccccc2C(F)(F)F)CC1. The lowest BCUT2D eigenvalue weighted by Crippen LogP contribution is -2.50. The number of nitriles is 1. The van der Waals surface area contributed by atoms with Gasteiger partial charge in [-0.1, -0.05) is 12.1 Å². The van der Waals surface area contributed by atoms with E-state index in [9.17, 15) is 31.6 Å². The lowest BCUT2D eigenvalue weighted by atomic mass is 10.1. The molecule has 178 valence electrons. The number of amides is 1. The van der Waals surface area contributed by atoms with Crippen molar-refractivity contribution in [1.82, 2.24) is 13.8 Å². The van der Waals surface area contributed by atoms with Gasteiger partial charge >= 0.3 is 6.18 Å². The molecule has 1 fully saturated rings. The Labute approximate surface area is 193 Å². The minimum Gasteiger partial charge on any atom is -0.443 e. The fraction of sp³-hybridized carbons (Fsp3) is 0.273. The zero-order valence-corrected chi connectivity index (χ0v) is 18.7. The van der Waals surface area contributed by atoms with Crippen LogP contribution in [-0.4, -0.2) is 54.3 Å². The van der Waals surface area contributed by atoms with Gasteiger partial charge in [0.05, 0.1) is 10.5 Å². The van der Waals surface area contributed by atoms with Crippen molar-refractivity contribution in [3.63, 3.8) is 0 Å². The third-order valence-corrected chi connectivity index (χ3v) is 7.52. The third kappa shape index (κ3) is 4.08. The standard InChI is InChI=1S/C22H19F3N4O4S/c1-15-19(16(14-26)21(33-15)28-8-4-5-9-28)20(30)27-10-12-29(13-11-27)34(31,32)18-7-3-2-6-17(18)22(23,24)25/h2-9H,10-13H2,1H3. The van der Waals surface area contributed by atoms with Gasteiger partial charge in [0.2, 0.25) is 15.9 Å². The molecule has 0 aliphatic carbocycles. The molecule has 12 heteroatoms. The van der Waals surface area contributed by atoms with E-state index < -0.39 is 32.6 Å². The molecule has 8 nitrogen and oxygen atoms in total. The second-order valence-electron chi connectivity index (χ2n) is 7.61. The normalized spacial score (nSPS) is 15.3. The minimum absolute atomic E-state index is 0.0489. The number of hydrogen-bond donors (Lipinski definition) is 0. The summed E-state index contributed by atoms with van der Waals surface area (Å²) in [6, 6.07) is 9.46. The number of sulfonamides is 1. The molecule has 34 heavy (non-hydrogen) atoms. The van der Waals surface area contributed by atoms with E-state index in [1.165, 1.54) is 11.0 Å². The van der Waals surface area contributed by atoms with Gasteiger partial charge in [0.15, 0.2) is 0 Å². The van der Waals surface area contributed by atoms with Crippen molar-refractivity contribution >= 4 is 15.9 Å². The Balaban J connectivity index is 1.56. The van der Waals surface area contributed by atoms with E-state index in [4.69, 9.17) is 4.42 Å². The lowest BCUT2D eigenvalue weighted by molar-refractivity contribution is -0.139. The quantitative estimate of drug-likeness (QED) is 0.556. The first-order valence-electron chi connectivity index (χ1n) is 10.2. The zero-order chi connectivity index (χ0) is 24.7. The largest absolute Gasteiger partial charge is 0.443 e. The molecule has 1 aromatic carbocycles. The van der Waals surface area contributed by atoms with Crippen LogP contribution in [0.1, 0.15) is 27.2 Å². The molecule has 1 saturated heterocycles. The fourth-order valence-electron chi connectivity index (χ4n) is 3.90. The molecule has 1 amide bonds. The molecule has 0 radical (unpaired) electrons. The van der Waals surface area contributed by atoms with Crippen molar-refractivity contribution in [2.75, 3.05) is 26.2 Å². The van der Waals surface area contributed by atoms with E-state index in [0.717, 1.165) is 22.5 Å². The maximum atomic E-state index is 13.3. The number of rotatable bonds is 4. The van der Waals surface area contributed by atoms with Crippen molar-refractivity contribution in [2.45, 2.75) is 18.0 Å². The summed E-state index contributed by atoms with van der Waals surface area (Å²) in [5.74, 6) is -0.0818. The molecular formula is C22H19F3N4O4S. The Hall–Kier alpha value is -3.56. The van der Waals surface area contributed by atoms with Crippen molar-refractivity contribution in [1.29, 1.82) is 5.26 Å². The number of benzene rings is 1. The van der Waals surface area contributed by atoms with Crippen LogP contribution in [0.2, 0.25) is 0 Å². The van der Waals surface area contributed by atoms with Gasteiger partial charge in [-0.05, 0) is 31.2 Å². The Morgan fingerprint density at radius 1 is 1.06 bits per heavy atom. The van der Waals surface area contributed by atoms with Crippen LogP contribution in [0.15, 0.2) is 58.1 Å². The zero-order valence-electron chi connectivity index (χ0n) is 17.9. The smallest absolute Gasteiger partial charge is 0.417 e. The maximum Gasteiger partial charge on any atom is 0.417 e. The monoisotopic (exact) mass is 492 g/mol. The number of halogens is 3. The maximum absolute atomic E-state index is 13.3. The number of aryl methyl sites for hydroxylation is 1. The number of aromatic nitrogens is 1. The number of carbonyl (C=O) groups is 1. The number of carbonyl (C=O) groups excluding carboxylic acids is 1. The second-order valence-corrected chi connectivity index (χ2v) is 9.51. The molecule has 0 saturated carbocycles. The van der Waals surface area contributed by atoms with Crippen LogP contribution in [0.25, 0.3) is 5.88 Å². The molecule has 0 spiro atoms. The first kappa shape index (κ1) is 23.6. The highest BCUT2D eigenvalue weighted by Crippen LogP contribution is 2.35. The van der Waals surface area contributed by atoms with Gasteiger partial charge < -0.3 is 9.32 Å². The average molecular weight is 492 g/mol. The molecular weight excluding hydrogens is 473 g/mol. The minimum atomic E-state index is -4.83. The molecule has 4 rings (SSSR count). The predicted molar refractivity (Wildman–Crippen MR) is 114 cm³/mol. The van der Waals surface area contributed by atoms with Crippen LogP contribution in [0.5, 0.6) is 0 Å². The highest BCUT2D eigenvalue weighted by atomic mass is 32.2. The van der Waals surface area contributed by atoms with Crippen molar-refractivity contribution in [3.8, 4) is 12.0 Å². The van der Waals surface area contributed by atoms with E-state index in [1.807, 2.05) is 6.07 Å². The molecule has 2 aromatic heterocycles. The van der Waals surface area contributed by atoms with E-state index in [0.29, 0.717) is 0 Å². The summed E-state index contributed by atoms with van der Waals surface area (Å²) in [5.41, 5.74) is -1.11. The van der Waals surface area contributed by atoms with Crippen molar-refractivity contribution in [2.24, 2.45) is 0 Å². The van der Waals surface area contributed by atoms with Gasteiger partial charge in [-0.25, -0.2) is 8.42 Å². The second kappa shape index (κ2) is 8.66. The van der Waals surface area contributed by atoms with Crippen LogP contribution >= 0.6 is 0 Å². The fourth-order valence-corrected chi connectivity index (χ4v) is 5.53. The first-order chi connectivity index (χ1) is 16.1. The molecule has 1 aliphatic heterocycles. The third-order valence-electron chi connectivity index (χ3n) is 5.57. The van der Waals surface area contributed by atoms with E-state index in [2.05, 4.69) is 0 Å². The molecule has 1 aliphatic rings. The highest BCUT2D eigenvalue weighted by molar-refractivity contribution is 7.89. The van der Waals surface area contributed by atoms with E-state index in [1.54, 1.807) is 36.0 Å². The number of nitrogens with zero attached hydrogens (tertiary/aromatic N) is 4.